The van der Waals surface area contributed by atoms with E-state index in [9.17, 15) is 13.4 Å². The highest BCUT2D eigenvalue weighted by Gasteiger charge is 2.11. The van der Waals surface area contributed by atoms with E-state index in [-0.39, 0.29) is 11.4 Å². The van der Waals surface area contributed by atoms with Crippen LogP contribution in [0.2, 0.25) is 0 Å². The van der Waals surface area contributed by atoms with Crippen molar-refractivity contribution in [2.24, 2.45) is 0 Å². The van der Waals surface area contributed by atoms with E-state index in [1.54, 1.807) is 30.3 Å². The third-order valence-electron chi connectivity index (χ3n) is 2.56. The molecule has 20 heavy (non-hydrogen) atoms. The molecular weight excluding hydrogens is 279 g/mol. The Morgan fingerprint density at radius 3 is 2.55 bits per heavy atom. The fourth-order valence-corrected chi connectivity index (χ4v) is 2.55. The highest BCUT2D eigenvalue weighted by atomic mass is 32.2. The zero-order chi connectivity index (χ0) is 14.5. The number of nitrogens with one attached hydrogen (secondary N) is 1. The van der Waals surface area contributed by atoms with Crippen molar-refractivity contribution in [1.82, 2.24) is 0 Å². The van der Waals surface area contributed by atoms with Gasteiger partial charge in [0.1, 0.15) is 11.6 Å². The molecule has 3 N–H and O–H groups in total. The number of halogens is 1. The number of hydrogen-bond donors (Lipinski definition) is 2. The molecular formula is C14H13FN2O2S. The van der Waals surface area contributed by atoms with Crippen LogP contribution in [0.25, 0.3) is 0 Å². The molecule has 2 aromatic rings. The highest BCUT2D eigenvalue weighted by molar-refractivity contribution is 7.85. The molecule has 0 aromatic heterocycles. The minimum Gasteiger partial charge on any atom is -0.397 e. The van der Waals surface area contributed by atoms with Gasteiger partial charge in [-0.2, -0.15) is 0 Å². The molecule has 4 nitrogen and oxygen atoms in total. The summed E-state index contributed by atoms with van der Waals surface area (Å²) in [6.45, 7) is 0. The van der Waals surface area contributed by atoms with Crippen molar-refractivity contribution < 1.29 is 13.4 Å². The van der Waals surface area contributed by atoms with E-state index in [4.69, 9.17) is 5.73 Å². The van der Waals surface area contributed by atoms with E-state index >= 15 is 0 Å². The van der Waals surface area contributed by atoms with Crippen molar-refractivity contribution in [2.45, 2.75) is 4.90 Å². The van der Waals surface area contributed by atoms with Crippen LogP contribution in [0.1, 0.15) is 0 Å². The van der Waals surface area contributed by atoms with E-state index in [2.05, 4.69) is 5.32 Å². The van der Waals surface area contributed by atoms with Crippen LogP contribution in [0.4, 0.5) is 15.8 Å². The lowest BCUT2D eigenvalue weighted by Crippen LogP contribution is -2.20. The normalized spacial score (nSPS) is 11.8. The minimum absolute atomic E-state index is 0.129. The maximum absolute atomic E-state index is 12.9. The number of anilines is 2. The number of rotatable bonds is 4. The summed E-state index contributed by atoms with van der Waals surface area (Å²) >= 11 is 0. The molecule has 0 aliphatic heterocycles. The second-order valence-electron chi connectivity index (χ2n) is 4.08. The molecule has 0 aliphatic carbocycles. The molecule has 0 aliphatic rings. The van der Waals surface area contributed by atoms with Gasteiger partial charge in [0.15, 0.2) is 0 Å². The smallest absolute Gasteiger partial charge is 0.237 e. The minimum atomic E-state index is -1.43. The number of benzene rings is 2. The summed E-state index contributed by atoms with van der Waals surface area (Å²) in [6.07, 6.45) is 0. The first kappa shape index (κ1) is 14.2. The van der Waals surface area contributed by atoms with Crippen LogP contribution in [0.15, 0.2) is 53.4 Å². The number of carbonyl (C=O) groups is 1. The van der Waals surface area contributed by atoms with Gasteiger partial charge in [-0.15, -0.1) is 0 Å². The van der Waals surface area contributed by atoms with Crippen molar-refractivity contribution in [3.05, 3.63) is 54.3 Å². The summed E-state index contributed by atoms with van der Waals surface area (Å²) in [5.41, 5.74) is 6.02. The van der Waals surface area contributed by atoms with Crippen molar-refractivity contribution in [3.63, 3.8) is 0 Å². The van der Waals surface area contributed by atoms with E-state index in [1.807, 2.05) is 0 Å². The van der Waals surface area contributed by atoms with Crippen LogP contribution in [-0.2, 0) is 15.6 Å². The third-order valence-corrected chi connectivity index (χ3v) is 3.88. The molecule has 0 spiro atoms. The van der Waals surface area contributed by atoms with Crippen LogP contribution >= 0.6 is 0 Å². The van der Waals surface area contributed by atoms with Crippen molar-refractivity contribution in [2.75, 3.05) is 16.8 Å². The quantitative estimate of drug-likeness (QED) is 0.848. The summed E-state index contributed by atoms with van der Waals surface area (Å²) in [6, 6.07) is 12.4. The van der Waals surface area contributed by atoms with E-state index < -0.39 is 22.5 Å². The predicted molar refractivity (Wildman–Crippen MR) is 77.2 cm³/mol. The molecule has 1 unspecified atom stereocenters. The van der Waals surface area contributed by atoms with Crippen LogP contribution < -0.4 is 11.1 Å². The average molecular weight is 292 g/mol. The molecule has 1 atom stereocenters. The molecule has 0 bridgehead atoms. The molecule has 0 saturated heterocycles. The van der Waals surface area contributed by atoms with Crippen LogP contribution in [0, 0.1) is 5.82 Å². The summed E-state index contributed by atoms with van der Waals surface area (Å²) < 4.78 is 24.8. The molecule has 104 valence electrons. The highest BCUT2D eigenvalue weighted by Crippen LogP contribution is 2.19. The zero-order valence-electron chi connectivity index (χ0n) is 10.5. The van der Waals surface area contributed by atoms with Gasteiger partial charge in [-0.3, -0.25) is 9.00 Å². The first-order chi connectivity index (χ1) is 9.56. The Hall–Kier alpha value is -2.21. The second kappa shape index (κ2) is 6.29. The predicted octanol–water partition coefficient (Wildman–Crippen LogP) is 2.15. The van der Waals surface area contributed by atoms with Crippen molar-refractivity contribution in [1.29, 1.82) is 0 Å². The molecule has 0 heterocycles. The fourth-order valence-electron chi connectivity index (χ4n) is 1.61. The first-order valence-corrected chi connectivity index (χ1v) is 7.16. The molecule has 2 rings (SSSR count). The molecule has 2 aromatic carbocycles. The Kier molecular flexibility index (Phi) is 4.47. The van der Waals surface area contributed by atoms with Gasteiger partial charge in [-0.05, 0) is 30.3 Å². The Bertz CT molecular complexity index is 647. The number of nitrogen functional groups attached to an aromatic ring is 1. The molecule has 0 fully saturated rings. The Morgan fingerprint density at radius 1 is 1.20 bits per heavy atom. The topological polar surface area (TPSA) is 72.2 Å². The lowest BCUT2D eigenvalue weighted by Gasteiger charge is -2.08. The number of amides is 1. The van der Waals surface area contributed by atoms with E-state index in [0.29, 0.717) is 10.6 Å². The Balaban J connectivity index is 2.01. The number of nitrogens with two attached hydrogens (primary N) is 1. The Morgan fingerprint density at radius 2 is 1.90 bits per heavy atom. The fraction of sp³-hybridized carbons (Fsp3) is 0.0714. The van der Waals surface area contributed by atoms with Gasteiger partial charge in [0.25, 0.3) is 0 Å². The van der Waals surface area contributed by atoms with Gasteiger partial charge in [-0.25, -0.2) is 4.39 Å². The lowest BCUT2D eigenvalue weighted by molar-refractivity contribution is -0.113. The average Bonchev–Trinajstić information content (AvgIpc) is 2.43. The maximum Gasteiger partial charge on any atom is 0.237 e. The van der Waals surface area contributed by atoms with Gasteiger partial charge in [0.2, 0.25) is 5.91 Å². The summed E-state index contributed by atoms with van der Waals surface area (Å²) in [5.74, 6) is -1.10. The molecule has 0 radical (unpaired) electrons. The van der Waals surface area contributed by atoms with Crippen LogP contribution in [0.5, 0.6) is 0 Å². The van der Waals surface area contributed by atoms with Crippen LogP contribution in [0.3, 0.4) is 0 Å². The molecule has 1 amide bonds. The largest absolute Gasteiger partial charge is 0.397 e. The van der Waals surface area contributed by atoms with E-state index in [0.717, 1.165) is 6.07 Å². The SMILES string of the molecule is Nc1cc(F)ccc1NC(=O)CS(=O)c1ccccc1. The van der Waals surface area contributed by atoms with Gasteiger partial charge >= 0.3 is 0 Å². The van der Waals surface area contributed by atoms with Crippen molar-refractivity contribution in [3.8, 4) is 0 Å². The summed E-state index contributed by atoms with van der Waals surface area (Å²) in [4.78, 5) is 12.4. The standard InChI is InChI=1S/C14H13FN2O2S/c15-10-6-7-13(12(16)8-10)17-14(18)9-20(19)11-4-2-1-3-5-11/h1-8H,9,16H2,(H,17,18). The van der Waals surface area contributed by atoms with E-state index in [1.165, 1.54) is 12.1 Å². The lowest BCUT2D eigenvalue weighted by atomic mass is 10.2. The van der Waals surface area contributed by atoms with Gasteiger partial charge < -0.3 is 11.1 Å². The van der Waals surface area contributed by atoms with Gasteiger partial charge in [0, 0.05) is 4.90 Å². The number of carbonyl (C=O) groups excluding carboxylic acids is 1. The number of hydrogen-bond acceptors (Lipinski definition) is 3. The van der Waals surface area contributed by atoms with Crippen LogP contribution in [-0.4, -0.2) is 15.9 Å². The monoisotopic (exact) mass is 292 g/mol. The summed E-state index contributed by atoms with van der Waals surface area (Å²) in [7, 11) is -1.43. The first-order valence-electron chi connectivity index (χ1n) is 5.84. The third kappa shape index (κ3) is 3.64. The maximum atomic E-state index is 12.9. The molecule has 6 heteroatoms. The molecule has 0 saturated carbocycles. The van der Waals surface area contributed by atoms with Gasteiger partial charge in [-0.1, -0.05) is 18.2 Å². The Labute approximate surface area is 118 Å². The van der Waals surface area contributed by atoms with Gasteiger partial charge in [0.05, 0.1) is 22.2 Å². The van der Waals surface area contributed by atoms with Crippen molar-refractivity contribution >= 4 is 28.1 Å². The summed E-state index contributed by atoms with van der Waals surface area (Å²) in [5, 5.41) is 2.51. The zero-order valence-corrected chi connectivity index (χ0v) is 11.3. The second-order valence-corrected chi connectivity index (χ2v) is 5.53.